The Morgan fingerprint density at radius 3 is 2.57 bits per heavy atom. The van der Waals surface area contributed by atoms with Crippen LogP contribution in [0.25, 0.3) is 0 Å². The molecule has 166 valence electrons. The first-order chi connectivity index (χ1) is 13.5. The molecule has 4 rings (SSSR count). The summed E-state index contributed by atoms with van der Waals surface area (Å²) in [6.07, 6.45) is 2.77. The van der Waals surface area contributed by atoms with E-state index in [0.717, 1.165) is 61.2 Å². The molecular formula is C23H31Cl2FN2O2. The Morgan fingerprint density at radius 2 is 1.90 bits per heavy atom. The monoisotopic (exact) mass is 456 g/mol. The van der Waals surface area contributed by atoms with Crippen molar-refractivity contribution in [3.8, 4) is 5.75 Å². The largest absolute Gasteiger partial charge is 0.507 e. The summed E-state index contributed by atoms with van der Waals surface area (Å²) in [4.78, 5) is 2.38. The summed E-state index contributed by atoms with van der Waals surface area (Å²) in [5, 5.41) is 10.6. The minimum Gasteiger partial charge on any atom is -0.507 e. The van der Waals surface area contributed by atoms with E-state index < -0.39 is 0 Å². The van der Waals surface area contributed by atoms with Crippen LogP contribution in [0.5, 0.6) is 5.75 Å². The van der Waals surface area contributed by atoms with Crippen molar-refractivity contribution in [2.24, 2.45) is 11.7 Å². The SMILES string of the molecule is Cc1ccc2c(c1O)C[C@@H](C1CCN(Cc3cccc(F)c3)CC1)O[C@H]2CN.Cl.Cl. The summed E-state index contributed by atoms with van der Waals surface area (Å²) in [6.45, 7) is 5.08. The number of benzene rings is 2. The number of aryl methyl sites for hydroxylation is 1. The van der Waals surface area contributed by atoms with Gasteiger partial charge in [0.15, 0.2) is 0 Å². The minimum absolute atomic E-state index is 0. The third kappa shape index (κ3) is 5.27. The van der Waals surface area contributed by atoms with Crippen LogP contribution in [0.3, 0.4) is 0 Å². The summed E-state index contributed by atoms with van der Waals surface area (Å²) < 4.78 is 19.8. The standard InChI is InChI=1S/C23H29FN2O2.2ClH/c1-15-5-6-19-20(23(15)27)12-21(28-22(19)13-25)17-7-9-26(10-8-17)14-16-3-2-4-18(24)11-16;;/h2-6,11,17,21-22,27H,7-10,12-14,25H2,1H3;2*1H/t21-,22-;;/m0../s1. The van der Waals surface area contributed by atoms with Gasteiger partial charge in [0, 0.05) is 25.1 Å². The number of nitrogens with two attached hydrogens (primary N) is 1. The molecular weight excluding hydrogens is 426 g/mol. The van der Waals surface area contributed by atoms with Crippen LogP contribution in [0.15, 0.2) is 36.4 Å². The molecule has 2 heterocycles. The molecule has 4 nitrogen and oxygen atoms in total. The zero-order chi connectivity index (χ0) is 19.7. The Bertz CT molecular complexity index is 844. The molecule has 0 aromatic heterocycles. The van der Waals surface area contributed by atoms with E-state index in [1.165, 1.54) is 6.07 Å². The number of halogens is 3. The Labute approximate surface area is 190 Å². The van der Waals surface area contributed by atoms with Crippen molar-refractivity contribution >= 4 is 24.8 Å². The highest BCUT2D eigenvalue weighted by molar-refractivity contribution is 5.85. The van der Waals surface area contributed by atoms with Crippen molar-refractivity contribution in [3.63, 3.8) is 0 Å². The van der Waals surface area contributed by atoms with Crippen LogP contribution in [0.2, 0.25) is 0 Å². The first-order valence-electron chi connectivity index (χ1n) is 10.2. The van der Waals surface area contributed by atoms with E-state index in [1.807, 2.05) is 25.1 Å². The van der Waals surface area contributed by atoms with Crippen LogP contribution < -0.4 is 5.73 Å². The third-order valence-electron chi connectivity index (χ3n) is 6.28. The Hall–Kier alpha value is -1.37. The molecule has 2 aromatic rings. The van der Waals surface area contributed by atoms with E-state index in [-0.39, 0.29) is 42.8 Å². The molecule has 0 unspecified atom stereocenters. The van der Waals surface area contributed by atoms with E-state index in [2.05, 4.69) is 4.90 Å². The van der Waals surface area contributed by atoms with Crippen LogP contribution in [-0.2, 0) is 17.7 Å². The van der Waals surface area contributed by atoms with Gasteiger partial charge in [0.2, 0.25) is 0 Å². The molecule has 0 spiro atoms. The molecule has 0 aliphatic carbocycles. The molecule has 0 saturated carbocycles. The van der Waals surface area contributed by atoms with Crippen LogP contribution in [0.4, 0.5) is 4.39 Å². The van der Waals surface area contributed by atoms with Crippen molar-refractivity contribution in [2.45, 2.75) is 44.9 Å². The average Bonchev–Trinajstić information content (AvgIpc) is 2.71. The number of phenols is 1. The molecule has 2 aliphatic heterocycles. The maximum absolute atomic E-state index is 13.4. The molecule has 7 heteroatoms. The highest BCUT2D eigenvalue weighted by atomic mass is 35.5. The molecule has 0 amide bonds. The molecule has 1 fully saturated rings. The van der Waals surface area contributed by atoms with Gasteiger partial charge in [-0.25, -0.2) is 4.39 Å². The fourth-order valence-corrected chi connectivity index (χ4v) is 4.66. The van der Waals surface area contributed by atoms with E-state index >= 15 is 0 Å². The molecule has 1 saturated heterocycles. The fourth-order valence-electron chi connectivity index (χ4n) is 4.66. The molecule has 0 radical (unpaired) electrons. The van der Waals surface area contributed by atoms with Gasteiger partial charge in [-0.05, 0) is 67.6 Å². The van der Waals surface area contributed by atoms with Crippen LogP contribution in [0, 0.1) is 18.7 Å². The number of likely N-dealkylation sites (tertiary alicyclic amines) is 1. The second-order valence-corrected chi connectivity index (χ2v) is 8.15. The highest BCUT2D eigenvalue weighted by Gasteiger charge is 2.35. The van der Waals surface area contributed by atoms with Crippen LogP contribution >= 0.6 is 24.8 Å². The number of piperidine rings is 1. The highest BCUT2D eigenvalue weighted by Crippen LogP contribution is 2.40. The number of aromatic hydroxyl groups is 1. The number of ether oxygens (including phenoxy) is 1. The number of hydrogen-bond donors (Lipinski definition) is 2. The number of phenolic OH excluding ortho intramolecular Hbond substituents is 1. The zero-order valence-electron chi connectivity index (χ0n) is 17.2. The number of fused-ring (bicyclic) bond motifs is 1. The molecule has 2 atom stereocenters. The van der Waals surface area contributed by atoms with Crippen molar-refractivity contribution < 1.29 is 14.2 Å². The number of hydrogen-bond acceptors (Lipinski definition) is 4. The summed E-state index contributed by atoms with van der Waals surface area (Å²) >= 11 is 0. The first-order valence-corrected chi connectivity index (χ1v) is 10.2. The van der Waals surface area contributed by atoms with E-state index in [9.17, 15) is 9.50 Å². The Balaban J connectivity index is 0.00000160. The average molecular weight is 457 g/mol. The summed E-state index contributed by atoms with van der Waals surface area (Å²) in [5.74, 6) is 0.670. The van der Waals surface area contributed by atoms with Crippen molar-refractivity contribution in [3.05, 3.63) is 64.5 Å². The topological polar surface area (TPSA) is 58.7 Å². The van der Waals surface area contributed by atoms with E-state index in [4.69, 9.17) is 10.5 Å². The second kappa shape index (κ2) is 10.8. The minimum atomic E-state index is -0.176. The normalized spacial score (nSPS) is 22.0. The van der Waals surface area contributed by atoms with Gasteiger partial charge in [-0.2, -0.15) is 0 Å². The third-order valence-corrected chi connectivity index (χ3v) is 6.28. The lowest BCUT2D eigenvalue weighted by Gasteiger charge is -2.40. The van der Waals surface area contributed by atoms with Crippen molar-refractivity contribution in [1.29, 1.82) is 0 Å². The lowest BCUT2D eigenvalue weighted by atomic mass is 9.83. The van der Waals surface area contributed by atoms with Crippen molar-refractivity contribution in [2.75, 3.05) is 19.6 Å². The lowest BCUT2D eigenvalue weighted by molar-refractivity contribution is -0.0651. The molecule has 2 aliphatic rings. The maximum Gasteiger partial charge on any atom is 0.123 e. The lowest BCUT2D eigenvalue weighted by Crippen LogP contribution is -2.41. The Morgan fingerprint density at radius 1 is 1.17 bits per heavy atom. The van der Waals surface area contributed by atoms with Crippen molar-refractivity contribution in [1.82, 2.24) is 4.90 Å². The Kier molecular flexibility index (Phi) is 8.95. The maximum atomic E-state index is 13.4. The smallest absolute Gasteiger partial charge is 0.123 e. The van der Waals surface area contributed by atoms with Crippen LogP contribution in [-0.4, -0.2) is 35.7 Å². The van der Waals surface area contributed by atoms with Gasteiger partial charge < -0.3 is 15.6 Å². The molecule has 3 N–H and O–H groups in total. The van der Waals surface area contributed by atoms with Gasteiger partial charge in [0.25, 0.3) is 0 Å². The first kappa shape index (κ1) is 24.9. The summed E-state index contributed by atoms with van der Waals surface area (Å²) in [7, 11) is 0. The predicted octanol–water partition coefficient (Wildman–Crippen LogP) is 4.54. The summed E-state index contributed by atoms with van der Waals surface area (Å²) in [5.41, 5.74) is 9.93. The van der Waals surface area contributed by atoms with Gasteiger partial charge in [0.1, 0.15) is 11.6 Å². The molecule has 0 bridgehead atoms. The van der Waals surface area contributed by atoms with Gasteiger partial charge in [-0.3, -0.25) is 4.90 Å². The summed E-state index contributed by atoms with van der Waals surface area (Å²) in [6, 6.07) is 10.8. The fraction of sp³-hybridized carbons (Fsp3) is 0.478. The molecule has 2 aromatic carbocycles. The van der Waals surface area contributed by atoms with E-state index in [1.54, 1.807) is 12.1 Å². The molecule has 30 heavy (non-hydrogen) atoms. The van der Waals surface area contributed by atoms with Gasteiger partial charge in [-0.1, -0.05) is 24.3 Å². The second-order valence-electron chi connectivity index (χ2n) is 8.15. The van der Waals surface area contributed by atoms with Gasteiger partial charge in [-0.15, -0.1) is 24.8 Å². The predicted molar refractivity (Wildman–Crippen MR) is 122 cm³/mol. The number of rotatable bonds is 4. The van der Waals surface area contributed by atoms with Gasteiger partial charge in [0.05, 0.1) is 12.2 Å². The van der Waals surface area contributed by atoms with E-state index in [0.29, 0.717) is 18.2 Å². The van der Waals surface area contributed by atoms with Gasteiger partial charge >= 0.3 is 0 Å². The van der Waals surface area contributed by atoms with Crippen LogP contribution in [0.1, 0.15) is 41.2 Å². The number of nitrogens with zero attached hydrogens (tertiary/aromatic N) is 1. The quantitative estimate of drug-likeness (QED) is 0.708. The zero-order valence-corrected chi connectivity index (χ0v) is 18.9.